The van der Waals surface area contributed by atoms with Gasteiger partial charge in [-0.3, -0.25) is 9.48 Å². The van der Waals surface area contributed by atoms with Gasteiger partial charge < -0.3 is 24.6 Å². The highest BCUT2D eigenvalue weighted by atomic mass is 35.5. The maximum Gasteiger partial charge on any atom is 0.511 e. The maximum absolute atomic E-state index is 14.3. The maximum atomic E-state index is 14.3. The third-order valence-electron chi connectivity index (χ3n) is 5.76. The number of benzene rings is 2. The van der Waals surface area contributed by atoms with Crippen LogP contribution in [0.15, 0.2) is 61.3 Å². The SMILES string of the molecule is C=CCCn1cc(C(=O)N[C@H](Cc2ccc(-c3cc(Cl)ccc3F)cc2)C[C@@H](O)C(=O)OCOC(=O)OCC)nn1. The molecule has 0 radical (unpaired) electrons. The van der Waals surface area contributed by atoms with E-state index in [1.165, 1.54) is 29.1 Å². The summed E-state index contributed by atoms with van der Waals surface area (Å²) in [4.78, 5) is 36.5. The van der Waals surface area contributed by atoms with Gasteiger partial charge in [0.2, 0.25) is 6.79 Å². The van der Waals surface area contributed by atoms with Gasteiger partial charge in [-0.05, 0) is 49.1 Å². The molecule has 0 bridgehead atoms. The van der Waals surface area contributed by atoms with Gasteiger partial charge in [-0.25, -0.2) is 14.0 Å². The number of carbonyl (C=O) groups excluding carboxylic acids is 3. The van der Waals surface area contributed by atoms with E-state index >= 15 is 0 Å². The highest BCUT2D eigenvalue weighted by Gasteiger charge is 2.25. The van der Waals surface area contributed by atoms with Crippen molar-refractivity contribution in [1.29, 1.82) is 0 Å². The van der Waals surface area contributed by atoms with Gasteiger partial charge in [-0.1, -0.05) is 47.2 Å². The first-order valence-corrected chi connectivity index (χ1v) is 13.1. The zero-order valence-corrected chi connectivity index (χ0v) is 23.1. The molecule has 2 N–H and O–H groups in total. The van der Waals surface area contributed by atoms with Crippen LogP contribution in [0.2, 0.25) is 5.02 Å². The summed E-state index contributed by atoms with van der Waals surface area (Å²) in [5.41, 5.74) is 1.69. The number of halogens is 2. The molecule has 2 atom stereocenters. The predicted octanol–water partition coefficient (Wildman–Crippen LogP) is 4.08. The van der Waals surface area contributed by atoms with Crippen molar-refractivity contribution in [3.8, 4) is 11.1 Å². The number of hydrogen-bond donors (Lipinski definition) is 2. The Morgan fingerprint density at radius 3 is 2.63 bits per heavy atom. The third-order valence-corrected chi connectivity index (χ3v) is 6.00. The summed E-state index contributed by atoms with van der Waals surface area (Å²) < 4.78 is 29.7. The number of aromatic nitrogens is 3. The average molecular weight is 589 g/mol. The van der Waals surface area contributed by atoms with E-state index in [9.17, 15) is 23.9 Å². The topological polar surface area (TPSA) is 142 Å². The molecule has 1 amide bonds. The Labute approximate surface area is 240 Å². The summed E-state index contributed by atoms with van der Waals surface area (Å²) in [7, 11) is 0. The summed E-state index contributed by atoms with van der Waals surface area (Å²) in [6.07, 6.45) is 1.09. The van der Waals surface area contributed by atoms with Crippen LogP contribution in [0.4, 0.5) is 9.18 Å². The minimum Gasteiger partial charge on any atom is -0.435 e. The molecule has 2 aromatic carbocycles. The smallest absolute Gasteiger partial charge is 0.435 e. The summed E-state index contributed by atoms with van der Waals surface area (Å²) in [6.45, 7) is 5.05. The van der Waals surface area contributed by atoms with Gasteiger partial charge in [0.15, 0.2) is 11.8 Å². The van der Waals surface area contributed by atoms with Crippen LogP contribution in [0, 0.1) is 5.82 Å². The van der Waals surface area contributed by atoms with Gasteiger partial charge in [-0.2, -0.15) is 0 Å². The van der Waals surface area contributed by atoms with Crippen molar-refractivity contribution in [2.45, 2.75) is 44.9 Å². The molecule has 11 nitrogen and oxygen atoms in total. The zero-order chi connectivity index (χ0) is 29.8. The second kappa shape index (κ2) is 15.5. The van der Waals surface area contributed by atoms with Crippen LogP contribution < -0.4 is 5.32 Å². The Morgan fingerprint density at radius 1 is 1.17 bits per heavy atom. The first-order valence-electron chi connectivity index (χ1n) is 12.7. The van der Waals surface area contributed by atoms with E-state index in [1.54, 1.807) is 37.3 Å². The predicted molar refractivity (Wildman–Crippen MR) is 146 cm³/mol. The fraction of sp³-hybridized carbons (Fsp3) is 0.321. The van der Waals surface area contributed by atoms with Crippen LogP contribution in [0.1, 0.15) is 35.8 Å². The van der Waals surface area contributed by atoms with Crippen LogP contribution in [0.25, 0.3) is 11.1 Å². The second-order valence-corrected chi connectivity index (χ2v) is 9.24. The zero-order valence-electron chi connectivity index (χ0n) is 22.3. The summed E-state index contributed by atoms with van der Waals surface area (Å²) >= 11 is 6.01. The number of aliphatic hydroxyl groups is 1. The molecule has 0 saturated heterocycles. The van der Waals surface area contributed by atoms with Crippen LogP contribution in [-0.4, -0.2) is 63.7 Å². The fourth-order valence-electron chi connectivity index (χ4n) is 3.77. The van der Waals surface area contributed by atoms with Crippen LogP contribution in [0.3, 0.4) is 0 Å². The molecule has 0 fully saturated rings. The standard InChI is InChI=1S/C28H30ClFN4O7/c1-3-5-12-34-16-24(32-33-34)26(36)31-21(15-25(35)27(37)40-17-41-28(38)39-4-2)13-18-6-8-19(9-7-18)22-14-20(29)10-11-23(22)30/h3,6-11,14,16,21,25,35H,1,4-5,12-13,15,17H2,2H3,(H,31,36)/t21-,25-/m1/s1. The number of nitrogens with one attached hydrogen (secondary N) is 1. The molecular weight excluding hydrogens is 559 g/mol. The molecule has 0 aliphatic rings. The monoisotopic (exact) mass is 588 g/mol. The van der Waals surface area contributed by atoms with Gasteiger partial charge in [0, 0.05) is 29.6 Å². The number of aryl methyl sites for hydroxylation is 1. The van der Waals surface area contributed by atoms with Crippen LogP contribution in [0.5, 0.6) is 0 Å². The number of nitrogens with zero attached hydrogens (tertiary/aromatic N) is 3. The summed E-state index contributed by atoms with van der Waals surface area (Å²) in [6, 6.07) is 10.4. The van der Waals surface area contributed by atoms with E-state index in [2.05, 4.69) is 31.7 Å². The van der Waals surface area contributed by atoms with Gasteiger partial charge >= 0.3 is 12.1 Å². The van der Waals surface area contributed by atoms with Crippen molar-refractivity contribution in [1.82, 2.24) is 20.3 Å². The Morgan fingerprint density at radius 2 is 1.93 bits per heavy atom. The molecule has 0 saturated carbocycles. The van der Waals surface area contributed by atoms with Crippen molar-refractivity contribution in [2.24, 2.45) is 0 Å². The number of rotatable bonds is 14. The third kappa shape index (κ3) is 9.69. The molecule has 0 spiro atoms. The molecule has 13 heteroatoms. The molecule has 1 aromatic heterocycles. The lowest BCUT2D eigenvalue weighted by Gasteiger charge is -2.21. The summed E-state index contributed by atoms with van der Waals surface area (Å²) in [5.74, 6) is -2.05. The molecule has 218 valence electrons. The van der Waals surface area contributed by atoms with Crippen LogP contribution in [-0.2, 0) is 32.0 Å². The van der Waals surface area contributed by atoms with Gasteiger partial charge in [-0.15, -0.1) is 11.7 Å². The minimum atomic E-state index is -1.66. The summed E-state index contributed by atoms with van der Waals surface area (Å²) in [5, 5.41) is 21.4. The number of amides is 1. The Bertz CT molecular complexity index is 1350. The van der Waals surface area contributed by atoms with Crippen molar-refractivity contribution in [2.75, 3.05) is 13.4 Å². The van der Waals surface area contributed by atoms with E-state index in [0.717, 1.165) is 5.56 Å². The second-order valence-electron chi connectivity index (χ2n) is 8.80. The van der Waals surface area contributed by atoms with Crippen molar-refractivity contribution >= 4 is 29.6 Å². The molecule has 41 heavy (non-hydrogen) atoms. The van der Waals surface area contributed by atoms with Gasteiger partial charge in [0.1, 0.15) is 5.82 Å². The fourth-order valence-corrected chi connectivity index (χ4v) is 3.94. The highest BCUT2D eigenvalue weighted by molar-refractivity contribution is 6.30. The molecule has 3 rings (SSSR count). The van der Waals surface area contributed by atoms with E-state index in [1.807, 2.05) is 0 Å². The lowest BCUT2D eigenvalue weighted by molar-refractivity contribution is -0.163. The number of hydrogen-bond acceptors (Lipinski definition) is 9. The van der Waals surface area contributed by atoms with E-state index in [-0.39, 0.29) is 25.1 Å². The lowest BCUT2D eigenvalue weighted by Crippen LogP contribution is -2.41. The highest BCUT2D eigenvalue weighted by Crippen LogP contribution is 2.26. The number of allylic oxidation sites excluding steroid dienone is 1. The molecule has 0 aliphatic heterocycles. The molecule has 0 unspecified atom stereocenters. The molecule has 3 aromatic rings. The Kier molecular flexibility index (Phi) is 11.8. The number of ether oxygens (including phenoxy) is 3. The van der Waals surface area contributed by atoms with Crippen molar-refractivity contribution in [3.63, 3.8) is 0 Å². The van der Waals surface area contributed by atoms with E-state index < -0.39 is 42.8 Å². The van der Waals surface area contributed by atoms with Gasteiger partial charge in [0.05, 0.1) is 12.8 Å². The molecular formula is C28H30ClFN4O7. The quantitative estimate of drug-likeness (QED) is 0.162. The number of esters is 1. The van der Waals surface area contributed by atoms with E-state index in [0.29, 0.717) is 29.1 Å². The normalized spacial score (nSPS) is 12.2. The first kappa shape index (κ1) is 31.2. The van der Waals surface area contributed by atoms with Gasteiger partial charge in [0.25, 0.3) is 5.91 Å². The van der Waals surface area contributed by atoms with Crippen LogP contribution >= 0.6 is 11.6 Å². The first-order chi connectivity index (χ1) is 19.7. The minimum absolute atomic E-state index is 0.0470. The Balaban J connectivity index is 1.71. The molecule has 0 aliphatic carbocycles. The average Bonchev–Trinajstić information content (AvgIpc) is 3.43. The van der Waals surface area contributed by atoms with Crippen molar-refractivity contribution in [3.05, 3.63) is 83.4 Å². The largest absolute Gasteiger partial charge is 0.511 e. The number of carbonyl (C=O) groups is 3. The van der Waals surface area contributed by atoms with E-state index in [4.69, 9.17) is 16.3 Å². The lowest BCUT2D eigenvalue weighted by atomic mass is 9.97. The number of aliphatic hydroxyl groups excluding tert-OH is 1. The Hall–Kier alpha value is -4.29. The van der Waals surface area contributed by atoms with Crippen molar-refractivity contribution < 1.29 is 38.1 Å². The molecule has 1 heterocycles.